The van der Waals surface area contributed by atoms with E-state index in [1.165, 1.54) is 6.92 Å². The lowest BCUT2D eigenvalue weighted by atomic mass is 9.63. The van der Waals surface area contributed by atoms with Gasteiger partial charge in [-0.1, -0.05) is 19.9 Å². The maximum absolute atomic E-state index is 12.5. The number of esters is 2. The fraction of sp³-hybridized carbons (Fsp3) is 0.739. The zero-order valence-corrected chi connectivity index (χ0v) is 18.2. The van der Waals surface area contributed by atoms with Gasteiger partial charge in [0.2, 0.25) is 6.29 Å². The van der Waals surface area contributed by atoms with Crippen molar-refractivity contribution in [2.24, 2.45) is 28.6 Å². The number of ether oxygens (including phenoxy) is 4. The Hall–Kier alpha value is -1.66. The zero-order chi connectivity index (χ0) is 21.1. The molecule has 1 aliphatic heterocycles. The van der Waals surface area contributed by atoms with Gasteiger partial charge in [-0.2, -0.15) is 0 Å². The molecule has 2 bridgehead atoms. The predicted octanol–water partition coefficient (Wildman–Crippen LogP) is 3.76. The predicted molar refractivity (Wildman–Crippen MR) is 105 cm³/mol. The van der Waals surface area contributed by atoms with Crippen LogP contribution in [-0.4, -0.2) is 37.7 Å². The minimum atomic E-state index is -0.602. The fourth-order valence-electron chi connectivity index (χ4n) is 6.73. The van der Waals surface area contributed by atoms with Gasteiger partial charge >= 0.3 is 11.9 Å². The maximum atomic E-state index is 12.5. The number of carbonyl (C=O) groups excluding carboxylic acids is 2. The topological polar surface area (TPSA) is 71.1 Å². The average Bonchev–Trinajstić information content (AvgIpc) is 3.13. The van der Waals surface area contributed by atoms with Crippen molar-refractivity contribution in [2.45, 2.75) is 72.6 Å². The second-order valence-electron chi connectivity index (χ2n) is 9.55. The van der Waals surface area contributed by atoms with Crippen LogP contribution in [0.4, 0.5) is 0 Å². The Balaban J connectivity index is 1.77. The number of methoxy groups -OCH3 is 1. The van der Waals surface area contributed by atoms with Crippen LogP contribution in [-0.2, 0) is 28.5 Å². The minimum Gasteiger partial charge on any atom is -0.454 e. The first-order valence-corrected chi connectivity index (χ1v) is 10.6. The van der Waals surface area contributed by atoms with Gasteiger partial charge in [-0.05, 0) is 56.1 Å². The van der Waals surface area contributed by atoms with E-state index < -0.39 is 12.6 Å². The summed E-state index contributed by atoms with van der Waals surface area (Å²) in [6, 6.07) is 0. The van der Waals surface area contributed by atoms with Crippen LogP contribution in [0.1, 0.15) is 53.9 Å². The third kappa shape index (κ3) is 2.82. The van der Waals surface area contributed by atoms with Crippen LogP contribution in [0.5, 0.6) is 0 Å². The Kier molecular flexibility index (Phi) is 4.94. The summed E-state index contributed by atoms with van der Waals surface area (Å²) in [7, 11) is 1.61. The van der Waals surface area contributed by atoms with Crippen LogP contribution in [0.25, 0.3) is 0 Å². The van der Waals surface area contributed by atoms with Crippen molar-refractivity contribution < 1.29 is 28.5 Å². The molecule has 6 heteroatoms. The molecule has 1 heterocycles. The zero-order valence-electron chi connectivity index (χ0n) is 18.2. The molecular weight excluding hydrogens is 372 g/mol. The molecule has 0 aromatic rings. The van der Waals surface area contributed by atoms with E-state index in [2.05, 4.69) is 19.9 Å². The van der Waals surface area contributed by atoms with E-state index in [4.69, 9.17) is 18.9 Å². The Morgan fingerprint density at radius 1 is 1.17 bits per heavy atom. The minimum absolute atomic E-state index is 0.0157. The summed E-state index contributed by atoms with van der Waals surface area (Å²) in [5.41, 5.74) is 1.52. The molecule has 6 nitrogen and oxygen atoms in total. The number of fused-ring (bicyclic) bond motifs is 1. The summed E-state index contributed by atoms with van der Waals surface area (Å²) in [5.74, 6) is 0.101. The molecule has 3 fully saturated rings. The first kappa shape index (κ1) is 20.6. The van der Waals surface area contributed by atoms with Gasteiger partial charge < -0.3 is 18.9 Å². The van der Waals surface area contributed by atoms with Crippen LogP contribution < -0.4 is 0 Å². The number of carbonyl (C=O) groups is 2. The third-order valence-electron chi connectivity index (χ3n) is 8.07. The Bertz CT molecular complexity index is 780. The van der Waals surface area contributed by atoms with Gasteiger partial charge in [0, 0.05) is 36.9 Å². The van der Waals surface area contributed by atoms with Crippen molar-refractivity contribution in [3.63, 3.8) is 0 Å². The molecule has 0 aromatic heterocycles. The SMILES string of the molecule is C/C=C(/C)C(=O)O[C@H]1C=C2[C@H](OC)O[C@@H](OC(C)=O)[C@H]3CC[C@H]4C(C)(C)[C@@H]1C[C@]234. The largest absolute Gasteiger partial charge is 0.454 e. The maximum Gasteiger partial charge on any atom is 0.333 e. The molecule has 0 aromatic carbocycles. The molecule has 160 valence electrons. The van der Waals surface area contributed by atoms with Crippen LogP contribution in [0.15, 0.2) is 23.3 Å². The van der Waals surface area contributed by atoms with Crippen molar-refractivity contribution >= 4 is 11.9 Å². The highest BCUT2D eigenvalue weighted by atomic mass is 16.8. The van der Waals surface area contributed by atoms with Crippen molar-refractivity contribution in [1.82, 2.24) is 0 Å². The van der Waals surface area contributed by atoms with E-state index in [-0.39, 0.29) is 40.7 Å². The lowest BCUT2D eigenvalue weighted by Crippen LogP contribution is -2.53. The second kappa shape index (κ2) is 6.95. The summed E-state index contributed by atoms with van der Waals surface area (Å²) in [4.78, 5) is 24.2. The molecular formula is C23H32O6. The van der Waals surface area contributed by atoms with Crippen LogP contribution in [0, 0.1) is 28.6 Å². The first-order chi connectivity index (χ1) is 13.7. The van der Waals surface area contributed by atoms with Gasteiger partial charge in [-0.25, -0.2) is 4.79 Å². The van der Waals surface area contributed by atoms with Crippen LogP contribution in [0.2, 0.25) is 0 Å². The highest BCUT2D eigenvalue weighted by molar-refractivity contribution is 5.87. The average molecular weight is 405 g/mol. The molecule has 0 N–H and O–H groups in total. The number of allylic oxidation sites excluding steroid dienone is 1. The number of rotatable bonds is 4. The van der Waals surface area contributed by atoms with Crippen molar-refractivity contribution in [3.05, 3.63) is 23.3 Å². The number of hydrogen-bond donors (Lipinski definition) is 0. The van der Waals surface area contributed by atoms with Crippen molar-refractivity contribution in [1.29, 1.82) is 0 Å². The lowest BCUT2D eigenvalue weighted by Gasteiger charge is -2.50. The molecule has 4 aliphatic rings. The standard InChI is InChI=1S/C23H32O6/c1-7-12(2)19(25)28-17-10-15-20(26-6)29-21(27-13(3)24)14-8-9-18-22(4,5)16(17)11-23(14,15)18/h7,10,14,16-18,20-21H,8-9,11H2,1-6H3/b12-7-/t14-,16-,17+,18+,20-,21-,23-/m1/s1. The van der Waals surface area contributed by atoms with Crippen LogP contribution >= 0.6 is 0 Å². The Labute approximate surface area is 172 Å². The monoisotopic (exact) mass is 404 g/mol. The van der Waals surface area contributed by atoms with Gasteiger partial charge in [0.1, 0.15) is 6.10 Å². The molecule has 0 unspecified atom stereocenters. The van der Waals surface area contributed by atoms with Crippen LogP contribution in [0.3, 0.4) is 0 Å². The van der Waals surface area contributed by atoms with Gasteiger partial charge in [0.15, 0.2) is 6.29 Å². The third-order valence-corrected chi connectivity index (χ3v) is 8.07. The molecule has 1 saturated heterocycles. The van der Waals surface area contributed by atoms with Gasteiger partial charge in [0.05, 0.1) is 0 Å². The summed E-state index contributed by atoms with van der Waals surface area (Å²) >= 11 is 0. The lowest BCUT2D eigenvalue weighted by molar-refractivity contribution is -0.274. The van der Waals surface area contributed by atoms with E-state index >= 15 is 0 Å². The number of hydrogen-bond acceptors (Lipinski definition) is 6. The highest BCUT2D eigenvalue weighted by Gasteiger charge is 2.72. The quantitative estimate of drug-likeness (QED) is 0.404. The summed E-state index contributed by atoms with van der Waals surface area (Å²) in [6.07, 6.45) is 5.23. The van der Waals surface area contributed by atoms with Gasteiger partial charge in [-0.3, -0.25) is 4.79 Å². The molecule has 2 saturated carbocycles. The normalized spacial score (nSPS) is 42.1. The van der Waals surface area contributed by atoms with E-state index in [0.717, 1.165) is 24.8 Å². The molecule has 0 radical (unpaired) electrons. The van der Waals surface area contributed by atoms with E-state index in [1.807, 2.05) is 6.92 Å². The summed E-state index contributed by atoms with van der Waals surface area (Å²) in [6.45, 7) is 9.61. The van der Waals surface area contributed by atoms with Gasteiger partial charge in [0.25, 0.3) is 0 Å². The molecule has 29 heavy (non-hydrogen) atoms. The first-order valence-electron chi connectivity index (χ1n) is 10.6. The van der Waals surface area contributed by atoms with Crippen molar-refractivity contribution in [2.75, 3.05) is 7.11 Å². The second-order valence-corrected chi connectivity index (χ2v) is 9.55. The molecule has 7 atom stereocenters. The summed E-state index contributed by atoms with van der Waals surface area (Å²) < 4.78 is 23.4. The smallest absolute Gasteiger partial charge is 0.333 e. The fourth-order valence-corrected chi connectivity index (χ4v) is 6.73. The molecule has 1 spiro atoms. The summed E-state index contributed by atoms with van der Waals surface area (Å²) in [5, 5.41) is 0. The molecule has 4 rings (SSSR count). The van der Waals surface area contributed by atoms with E-state index in [1.54, 1.807) is 20.1 Å². The molecule has 0 amide bonds. The van der Waals surface area contributed by atoms with E-state index in [0.29, 0.717) is 11.5 Å². The highest BCUT2D eigenvalue weighted by Crippen LogP contribution is 2.74. The van der Waals surface area contributed by atoms with Crippen molar-refractivity contribution in [3.8, 4) is 0 Å². The van der Waals surface area contributed by atoms with Gasteiger partial charge in [-0.15, -0.1) is 0 Å². The van der Waals surface area contributed by atoms with E-state index in [9.17, 15) is 9.59 Å². The Morgan fingerprint density at radius 3 is 2.52 bits per heavy atom. The Morgan fingerprint density at radius 2 is 1.90 bits per heavy atom. The molecule has 3 aliphatic carbocycles.